The minimum absolute atomic E-state index is 0.0647. The van der Waals surface area contributed by atoms with Gasteiger partial charge in [-0.1, -0.05) is 18.9 Å². The molecular formula is C20H20F3N7O. The van der Waals surface area contributed by atoms with Gasteiger partial charge in [0, 0.05) is 18.4 Å². The first-order valence-corrected chi connectivity index (χ1v) is 10.1. The molecule has 1 saturated carbocycles. The van der Waals surface area contributed by atoms with E-state index >= 15 is 0 Å². The van der Waals surface area contributed by atoms with E-state index in [9.17, 15) is 18.3 Å². The van der Waals surface area contributed by atoms with Gasteiger partial charge in [-0.2, -0.15) is 18.3 Å². The SMILES string of the molecule is O[C@H]1CCCC[C@H](Nc2ncc(C(F)(F)F)c(-c3n[nH]c4nn5ccccc5c34)n2)C1. The Bertz CT molecular complexity index is 1230. The Balaban J connectivity index is 1.61. The molecular weight excluding hydrogens is 411 g/mol. The molecule has 5 rings (SSSR count). The van der Waals surface area contributed by atoms with E-state index < -0.39 is 17.8 Å². The molecule has 0 aliphatic heterocycles. The highest BCUT2D eigenvalue weighted by atomic mass is 19.4. The molecule has 162 valence electrons. The van der Waals surface area contributed by atoms with Crippen LogP contribution in [0.25, 0.3) is 27.9 Å². The number of alkyl halides is 3. The fraction of sp³-hybridized carbons (Fsp3) is 0.400. The Kier molecular flexibility index (Phi) is 4.77. The lowest BCUT2D eigenvalue weighted by molar-refractivity contribution is -0.137. The number of H-pyrrole nitrogens is 1. The zero-order valence-electron chi connectivity index (χ0n) is 16.4. The molecule has 0 spiro atoms. The summed E-state index contributed by atoms with van der Waals surface area (Å²) in [5.74, 6) is 0.0784. The van der Waals surface area contributed by atoms with Gasteiger partial charge in [-0.05, 0) is 31.4 Å². The van der Waals surface area contributed by atoms with Crippen LogP contribution in [-0.2, 0) is 6.18 Å². The Morgan fingerprint density at radius 2 is 2.00 bits per heavy atom. The van der Waals surface area contributed by atoms with Crippen molar-refractivity contribution in [2.45, 2.75) is 50.4 Å². The summed E-state index contributed by atoms with van der Waals surface area (Å²) in [5, 5.41) is 24.7. The zero-order valence-corrected chi connectivity index (χ0v) is 16.4. The van der Waals surface area contributed by atoms with Gasteiger partial charge in [-0.25, -0.2) is 14.5 Å². The van der Waals surface area contributed by atoms with Gasteiger partial charge in [0.15, 0.2) is 5.65 Å². The van der Waals surface area contributed by atoms with Gasteiger partial charge >= 0.3 is 6.18 Å². The van der Waals surface area contributed by atoms with Crippen molar-refractivity contribution >= 4 is 22.5 Å². The lowest BCUT2D eigenvalue weighted by atomic mass is 10.1. The van der Waals surface area contributed by atoms with Gasteiger partial charge in [0.05, 0.1) is 17.0 Å². The number of pyridine rings is 1. The second kappa shape index (κ2) is 7.49. The summed E-state index contributed by atoms with van der Waals surface area (Å²) >= 11 is 0. The molecule has 1 fully saturated rings. The van der Waals surface area contributed by atoms with Gasteiger partial charge in [-0.15, -0.1) is 5.10 Å². The molecule has 2 atom stereocenters. The maximum atomic E-state index is 13.8. The maximum absolute atomic E-state index is 13.8. The van der Waals surface area contributed by atoms with Crippen LogP contribution in [0.3, 0.4) is 0 Å². The number of hydrogen-bond donors (Lipinski definition) is 3. The van der Waals surface area contributed by atoms with E-state index in [4.69, 9.17) is 0 Å². The van der Waals surface area contributed by atoms with Gasteiger partial charge in [0.2, 0.25) is 5.95 Å². The van der Waals surface area contributed by atoms with Crippen molar-refractivity contribution in [1.82, 2.24) is 29.8 Å². The van der Waals surface area contributed by atoms with Crippen molar-refractivity contribution < 1.29 is 18.3 Å². The van der Waals surface area contributed by atoms with Crippen LogP contribution in [0.2, 0.25) is 0 Å². The summed E-state index contributed by atoms with van der Waals surface area (Å²) in [6.07, 6.45) is 1.24. The Morgan fingerprint density at radius 3 is 2.84 bits per heavy atom. The van der Waals surface area contributed by atoms with Crippen molar-refractivity contribution in [2.24, 2.45) is 0 Å². The first-order chi connectivity index (χ1) is 14.9. The lowest BCUT2D eigenvalue weighted by Gasteiger charge is -2.19. The Morgan fingerprint density at radius 1 is 1.16 bits per heavy atom. The number of nitrogens with one attached hydrogen (secondary N) is 2. The van der Waals surface area contributed by atoms with Crippen molar-refractivity contribution in [1.29, 1.82) is 0 Å². The fourth-order valence-corrected chi connectivity index (χ4v) is 4.13. The van der Waals surface area contributed by atoms with Gasteiger partial charge < -0.3 is 10.4 Å². The fourth-order valence-electron chi connectivity index (χ4n) is 4.13. The molecule has 0 radical (unpaired) electrons. The van der Waals surface area contributed by atoms with Crippen LogP contribution < -0.4 is 5.32 Å². The van der Waals surface area contributed by atoms with Crippen molar-refractivity contribution in [2.75, 3.05) is 5.32 Å². The van der Waals surface area contributed by atoms with Crippen molar-refractivity contribution in [3.8, 4) is 11.4 Å². The zero-order chi connectivity index (χ0) is 21.6. The van der Waals surface area contributed by atoms with Crippen LogP contribution in [0.4, 0.5) is 19.1 Å². The molecule has 4 aromatic heterocycles. The monoisotopic (exact) mass is 431 g/mol. The predicted octanol–water partition coefficient (Wildman–Crippen LogP) is 3.79. The number of anilines is 1. The molecule has 0 aromatic carbocycles. The number of aromatic amines is 1. The average molecular weight is 431 g/mol. The third-order valence-corrected chi connectivity index (χ3v) is 5.60. The molecule has 1 aliphatic rings. The molecule has 3 N–H and O–H groups in total. The van der Waals surface area contributed by atoms with Crippen LogP contribution >= 0.6 is 0 Å². The molecule has 0 unspecified atom stereocenters. The first-order valence-electron chi connectivity index (χ1n) is 10.1. The lowest BCUT2D eigenvalue weighted by Crippen LogP contribution is -2.25. The van der Waals surface area contributed by atoms with Crippen LogP contribution in [0, 0.1) is 0 Å². The number of aliphatic hydroxyl groups excluding tert-OH is 1. The molecule has 31 heavy (non-hydrogen) atoms. The Hall–Kier alpha value is -3.21. The van der Waals surface area contributed by atoms with E-state index in [1.54, 1.807) is 28.9 Å². The van der Waals surface area contributed by atoms with Crippen LogP contribution in [0.1, 0.15) is 37.7 Å². The van der Waals surface area contributed by atoms with Crippen LogP contribution in [0.15, 0.2) is 30.6 Å². The third-order valence-electron chi connectivity index (χ3n) is 5.60. The summed E-state index contributed by atoms with van der Waals surface area (Å²) in [7, 11) is 0. The van der Waals surface area contributed by atoms with Gasteiger partial charge in [0.1, 0.15) is 17.0 Å². The molecule has 8 nitrogen and oxygen atoms in total. The van der Waals surface area contributed by atoms with E-state index in [0.29, 0.717) is 23.0 Å². The highest BCUT2D eigenvalue weighted by molar-refractivity contribution is 6.02. The summed E-state index contributed by atoms with van der Waals surface area (Å²) in [6.45, 7) is 0. The Labute approximate surface area is 174 Å². The topological polar surface area (TPSA) is 104 Å². The maximum Gasteiger partial charge on any atom is 0.420 e. The summed E-state index contributed by atoms with van der Waals surface area (Å²) in [5.41, 5.74) is -0.231. The van der Waals surface area contributed by atoms with Crippen LogP contribution in [0.5, 0.6) is 0 Å². The first kappa shape index (κ1) is 19.7. The number of halogens is 3. The van der Waals surface area contributed by atoms with E-state index in [0.717, 1.165) is 31.9 Å². The molecule has 4 aromatic rings. The highest BCUT2D eigenvalue weighted by Crippen LogP contribution is 2.38. The molecule has 4 heterocycles. The van der Waals surface area contributed by atoms with Crippen molar-refractivity contribution in [3.05, 3.63) is 36.2 Å². The number of aromatic nitrogens is 6. The quantitative estimate of drug-likeness (QED) is 0.427. The number of rotatable bonds is 3. The van der Waals surface area contributed by atoms with Gasteiger partial charge in [0.25, 0.3) is 0 Å². The second-order valence-corrected chi connectivity index (χ2v) is 7.80. The number of aliphatic hydroxyl groups is 1. The molecule has 1 aliphatic carbocycles. The summed E-state index contributed by atoms with van der Waals surface area (Å²) in [4.78, 5) is 8.14. The highest BCUT2D eigenvalue weighted by Gasteiger charge is 2.37. The van der Waals surface area contributed by atoms with E-state index in [-0.39, 0.29) is 23.4 Å². The molecule has 11 heteroatoms. The minimum Gasteiger partial charge on any atom is -0.393 e. The van der Waals surface area contributed by atoms with Crippen LogP contribution in [-0.4, -0.2) is 47.0 Å². The van der Waals surface area contributed by atoms with E-state index in [1.807, 2.05) is 0 Å². The predicted molar refractivity (Wildman–Crippen MR) is 107 cm³/mol. The minimum atomic E-state index is -4.65. The average Bonchev–Trinajstić information content (AvgIpc) is 3.22. The summed E-state index contributed by atoms with van der Waals surface area (Å²) < 4.78 is 42.9. The second-order valence-electron chi connectivity index (χ2n) is 7.80. The largest absolute Gasteiger partial charge is 0.420 e. The molecule has 0 bridgehead atoms. The van der Waals surface area contributed by atoms with E-state index in [1.165, 1.54) is 0 Å². The van der Waals surface area contributed by atoms with E-state index in [2.05, 4.69) is 30.6 Å². The summed E-state index contributed by atoms with van der Waals surface area (Å²) in [6, 6.07) is 5.20. The number of hydrogen-bond acceptors (Lipinski definition) is 6. The van der Waals surface area contributed by atoms with Crippen molar-refractivity contribution in [3.63, 3.8) is 0 Å². The smallest absolute Gasteiger partial charge is 0.393 e. The molecule has 0 amide bonds. The number of fused-ring (bicyclic) bond motifs is 3. The molecule has 0 saturated heterocycles. The number of nitrogens with zero attached hydrogens (tertiary/aromatic N) is 5. The van der Waals surface area contributed by atoms with Gasteiger partial charge in [-0.3, -0.25) is 5.10 Å². The third kappa shape index (κ3) is 3.69. The standard InChI is InChI=1S/C20H20F3N7O/c21-20(22,23)13-10-24-19(25-11-5-1-2-6-12(31)9-11)26-16(13)17-15-14-7-3-4-8-30(14)29-18(15)28-27-17/h3-4,7-8,10-12,31H,1-2,5-6,9H2,(H,28,29)(H,24,25,26)/t11-,12-/m0/s1. The normalized spacial score (nSPS) is 20.3.